The first-order valence-corrected chi connectivity index (χ1v) is 13.6. The van der Waals surface area contributed by atoms with Crippen molar-refractivity contribution in [3.05, 3.63) is 77.9 Å². The van der Waals surface area contributed by atoms with Crippen molar-refractivity contribution in [3.63, 3.8) is 0 Å². The lowest BCUT2D eigenvalue weighted by Gasteiger charge is -2.25. The number of hydrogen-bond donors (Lipinski definition) is 2. The number of methoxy groups -OCH3 is 2. The second-order valence-corrected chi connectivity index (χ2v) is 10.6. The Bertz CT molecular complexity index is 1390. The summed E-state index contributed by atoms with van der Waals surface area (Å²) in [4.78, 5) is 25.9. The molecule has 38 heavy (non-hydrogen) atoms. The number of anilines is 2. The van der Waals surface area contributed by atoms with Crippen molar-refractivity contribution >= 4 is 33.2 Å². The third kappa shape index (κ3) is 6.63. The van der Waals surface area contributed by atoms with Gasteiger partial charge in [0.1, 0.15) is 6.54 Å². The summed E-state index contributed by atoms with van der Waals surface area (Å²) in [5.74, 6) is -0.330. The van der Waals surface area contributed by atoms with Crippen molar-refractivity contribution in [2.75, 3.05) is 30.4 Å². The zero-order valence-corrected chi connectivity index (χ0v) is 23.0. The number of hydrogen-bond acceptors (Lipinski definition) is 6. The second-order valence-electron chi connectivity index (χ2n) is 8.74. The van der Waals surface area contributed by atoms with E-state index in [9.17, 15) is 18.0 Å². The van der Waals surface area contributed by atoms with E-state index in [1.54, 1.807) is 48.5 Å². The van der Waals surface area contributed by atoms with E-state index < -0.39 is 22.5 Å². The maximum Gasteiger partial charge on any atom is 0.264 e. The zero-order valence-electron chi connectivity index (χ0n) is 22.1. The van der Waals surface area contributed by atoms with E-state index in [2.05, 4.69) is 10.6 Å². The van der Waals surface area contributed by atoms with E-state index in [1.165, 1.54) is 32.4 Å². The zero-order chi connectivity index (χ0) is 27.9. The number of rotatable bonds is 11. The number of amides is 2. The highest BCUT2D eigenvalue weighted by Crippen LogP contribution is 2.32. The first-order valence-electron chi connectivity index (χ1n) is 12.1. The molecule has 1 atom stereocenters. The Balaban J connectivity index is 1.95. The highest BCUT2D eigenvalue weighted by atomic mass is 32.2. The number of carbonyl (C=O) groups excluding carboxylic acids is 2. The van der Waals surface area contributed by atoms with E-state index in [-0.39, 0.29) is 33.8 Å². The average molecular weight is 540 g/mol. The van der Waals surface area contributed by atoms with Crippen molar-refractivity contribution < 1.29 is 27.5 Å². The summed E-state index contributed by atoms with van der Waals surface area (Å²) in [6.45, 7) is 5.20. The normalized spacial score (nSPS) is 11.8. The van der Waals surface area contributed by atoms with E-state index in [0.29, 0.717) is 11.4 Å². The van der Waals surface area contributed by atoms with Gasteiger partial charge in [-0.05, 0) is 56.7 Å². The number of nitrogens with zero attached hydrogens (tertiary/aromatic N) is 1. The topological polar surface area (TPSA) is 114 Å². The molecule has 0 fully saturated rings. The van der Waals surface area contributed by atoms with E-state index >= 15 is 0 Å². The number of sulfonamides is 1. The Morgan fingerprint density at radius 2 is 1.61 bits per heavy atom. The number of carbonyl (C=O) groups is 2. The molecule has 0 saturated carbocycles. The molecule has 2 N–H and O–H groups in total. The summed E-state index contributed by atoms with van der Waals surface area (Å²) in [6.07, 6.45) is 0.750. The van der Waals surface area contributed by atoms with Crippen LogP contribution in [0.4, 0.5) is 11.4 Å². The summed E-state index contributed by atoms with van der Waals surface area (Å²) in [5, 5.41) is 5.59. The molecule has 1 unspecified atom stereocenters. The van der Waals surface area contributed by atoms with E-state index in [0.717, 1.165) is 16.3 Å². The molecular weight excluding hydrogens is 506 g/mol. The Hall–Kier alpha value is -4.05. The molecule has 3 aromatic rings. The molecule has 0 aromatic heterocycles. The second kappa shape index (κ2) is 12.5. The summed E-state index contributed by atoms with van der Waals surface area (Å²) >= 11 is 0. The van der Waals surface area contributed by atoms with Crippen LogP contribution in [0.1, 0.15) is 36.2 Å². The molecule has 0 aliphatic heterocycles. The third-order valence-electron chi connectivity index (χ3n) is 5.99. The van der Waals surface area contributed by atoms with Crippen LogP contribution in [0.5, 0.6) is 11.5 Å². The van der Waals surface area contributed by atoms with E-state index in [4.69, 9.17) is 9.47 Å². The average Bonchev–Trinajstić information content (AvgIpc) is 2.91. The maximum absolute atomic E-state index is 13.8. The number of ether oxygens (including phenoxy) is 2. The third-order valence-corrected chi connectivity index (χ3v) is 7.76. The van der Waals surface area contributed by atoms with Gasteiger partial charge in [-0.2, -0.15) is 0 Å². The summed E-state index contributed by atoms with van der Waals surface area (Å²) in [5.41, 5.74) is 1.81. The van der Waals surface area contributed by atoms with Crippen molar-refractivity contribution in [2.45, 2.75) is 38.1 Å². The van der Waals surface area contributed by atoms with Crippen molar-refractivity contribution in [3.8, 4) is 11.5 Å². The smallest absolute Gasteiger partial charge is 0.264 e. The van der Waals surface area contributed by atoms with Gasteiger partial charge in [0.2, 0.25) is 5.91 Å². The molecule has 0 spiro atoms. The lowest BCUT2D eigenvalue weighted by Crippen LogP contribution is -2.38. The molecule has 2 amide bonds. The molecule has 10 heteroatoms. The monoisotopic (exact) mass is 539 g/mol. The van der Waals surface area contributed by atoms with E-state index in [1.807, 2.05) is 20.8 Å². The SMILES string of the molecule is CCC(C)NC(=O)c1ccccc1NC(=O)CN(c1ccc(C)cc1)S(=O)(=O)c1ccc(OC)c(OC)c1. The number of aryl methyl sites for hydroxylation is 1. The van der Waals surface area contributed by atoms with Crippen LogP contribution in [0.2, 0.25) is 0 Å². The lowest BCUT2D eigenvalue weighted by atomic mass is 10.1. The summed E-state index contributed by atoms with van der Waals surface area (Å²) in [7, 11) is -1.33. The first-order chi connectivity index (χ1) is 18.1. The van der Waals surface area contributed by atoms with Crippen LogP contribution < -0.4 is 24.4 Å². The van der Waals surface area contributed by atoms with Crippen molar-refractivity contribution in [1.29, 1.82) is 0 Å². The fraction of sp³-hybridized carbons (Fsp3) is 0.286. The molecule has 0 heterocycles. The molecule has 9 nitrogen and oxygen atoms in total. The standard InChI is InChI=1S/C28H33N3O6S/c1-6-20(3)29-28(33)23-9-7-8-10-24(23)30-27(32)18-31(21-13-11-19(2)12-14-21)38(34,35)22-15-16-25(36-4)26(17-22)37-5/h7-17,20H,6,18H2,1-5H3,(H,29,33)(H,30,32). The fourth-order valence-electron chi connectivity index (χ4n) is 3.64. The van der Waals surface area contributed by atoms with Crippen LogP contribution in [0.15, 0.2) is 71.6 Å². The molecule has 0 radical (unpaired) electrons. The van der Waals surface area contributed by atoms with Crippen LogP contribution in [0, 0.1) is 6.92 Å². The molecular formula is C28H33N3O6S. The predicted molar refractivity (Wildman–Crippen MR) is 148 cm³/mol. The molecule has 0 aliphatic carbocycles. The summed E-state index contributed by atoms with van der Waals surface area (Å²) < 4.78 is 39.1. The van der Waals surface area contributed by atoms with Gasteiger partial charge in [0, 0.05) is 12.1 Å². The van der Waals surface area contributed by atoms with Gasteiger partial charge in [-0.25, -0.2) is 8.42 Å². The fourth-order valence-corrected chi connectivity index (χ4v) is 5.08. The Kier molecular flexibility index (Phi) is 9.35. The molecule has 3 rings (SSSR count). The molecule has 0 aliphatic rings. The highest BCUT2D eigenvalue weighted by Gasteiger charge is 2.29. The number of para-hydroxylation sites is 1. The largest absolute Gasteiger partial charge is 0.493 e. The first kappa shape index (κ1) is 28.5. The van der Waals surface area contributed by atoms with Crippen molar-refractivity contribution in [2.24, 2.45) is 0 Å². The van der Waals surface area contributed by atoms with Gasteiger partial charge in [-0.3, -0.25) is 13.9 Å². The highest BCUT2D eigenvalue weighted by molar-refractivity contribution is 7.92. The van der Waals surface area contributed by atoms with Gasteiger partial charge in [0.25, 0.3) is 15.9 Å². The van der Waals surface area contributed by atoms with Gasteiger partial charge in [-0.15, -0.1) is 0 Å². The van der Waals surface area contributed by atoms with Crippen LogP contribution in [-0.2, 0) is 14.8 Å². The Morgan fingerprint density at radius 3 is 2.24 bits per heavy atom. The minimum absolute atomic E-state index is 0.0464. The van der Waals surface area contributed by atoms with Crippen LogP contribution >= 0.6 is 0 Å². The van der Waals surface area contributed by atoms with Gasteiger partial charge in [-0.1, -0.05) is 36.8 Å². The van der Waals surface area contributed by atoms with Gasteiger partial charge < -0.3 is 20.1 Å². The molecule has 202 valence electrons. The van der Waals surface area contributed by atoms with Gasteiger partial charge in [0.05, 0.1) is 36.1 Å². The van der Waals surface area contributed by atoms with Crippen LogP contribution in [0.3, 0.4) is 0 Å². The maximum atomic E-state index is 13.8. The Labute approximate surface area is 223 Å². The van der Waals surface area contributed by atoms with Gasteiger partial charge in [0.15, 0.2) is 11.5 Å². The quantitative estimate of drug-likeness (QED) is 0.374. The predicted octanol–water partition coefficient (Wildman–Crippen LogP) is 4.37. The lowest BCUT2D eigenvalue weighted by molar-refractivity contribution is -0.114. The van der Waals surface area contributed by atoms with Gasteiger partial charge >= 0.3 is 0 Å². The Morgan fingerprint density at radius 1 is 0.947 bits per heavy atom. The van der Waals surface area contributed by atoms with Crippen molar-refractivity contribution in [1.82, 2.24) is 5.32 Å². The van der Waals surface area contributed by atoms with Crippen LogP contribution in [-0.4, -0.2) is 47.0 Å². The number of nitrogens with one attached hydrogen (secondary N) is 2. The molecule has 3 aromatic carbocycles. The van der Waals surface area contributed by atoms with Crippen LogP contribution in [0.25, 0.3) is 0 Å². The molecule has 0 saturated heterocycles. The minimum Gasteiger partial charge on any atom is -0.493 e. The minimum atomic E-state index is -4.20. The number of benzene rings is 3. The molecule has 0 bridgehead atoms. The summed E-state index contributed by atoms with van der Waals surface area (Å²) in [6, 6.07) is 17.6.